The molecule has 25 heavy (non-hydrogen) atoms. The lowest BCUT2D eigenvalue weighted by Crippen LogP contribution is -2.27. The first kappa shape index (κ1) is 17.4. The third-order valence-electron chi connectivity index (χ3n) is 4.86. The summed E-state index contributed by atoms with van der Waals surface area (Å²) in [5.74, 6) is 0. The van der Waals surface area contributed by atoms with Crippen molar-refractivity contribution in [3.63, 3.8) is 0 Å². The lowest BCUT2D eigenvalue weighted by molar-refractivity contribution is 0.270. The van der Waals surface area contributed by atoms with Gasteiger partial charge in [-0.2, -0.15) is 0 Å². The molecule has 1 heterocycles. The average Bonchev–Trinajstić information content (AvgIpc) is 2.64. The fraction of sp³-hybridized carbons (Fsp3) is 0.318. The highest BCUT2D eigenvalue weighted by Gasteiger charge is 2.13. The van der Waals surface area contributed by atoms with Gasteiger partial charge in [0.1, 0.15) is 0 Å². The quantitative estimate of drug-likeness (QED) is 0.724. The first-order valence-corrected chi connectivity index (χ1v) is 9.03. The van der Waals surface area contributed by atoms with E-state index >= 15 is 0 Å². The fourth-order valence-corrected chi connectivity index (χ4v) is 3.25. The first-order chi connectivity index (χ1) is 12.1. The van der Waals surface area contributed by atoms with Gasteiger partial charge in [-0.1, -0.05) is 50.2 Å². The van der Waals surface area contributed by atoms with Crippen molar-refractivity contribution in [3.05, 3.63) is 81.1 Å². The maximum absolute atomic E-state index is 13.1. The highest BCUT2D eigenvalue weighted by molar-refractivity contribution is 5.80. The first-order valence-electron chi connectivity index (χ1n) is 9.03. The van der Waals surface area contributed by atoms with E-state index in [0.29, 0.717) is 6.54 Å². The Kier molecular flexibility index (Phi) is 5.34. The van der Waals surface area contributed by atoms with Crippen LogP contribution in [0.25, 0.3) is 10.9 Å². The van der Waals surface area contributed by atoms with Crippen LogP contribution in [0.3, 0.4) is 0 Å². The number of aromatic nitrogens is 1. The number of fused-ring (bicyclic) bond motifs is 1. The summed E-state index contributed by atoms with van der Waals surface area (Å²) in [5.41, 5.74) is 5.39. The highest BCUT2D eigenvalue weighted by Crippen LogP contribution is 2.16. The SMILES string of the molecule is CCc1ccc2[nH]c(C)c(CN(CC)Cc3ccccc3)c(=O)c2c1. The molecule has 0 saturated carbocycles. The summed E-state index contributed by atoms with van der Waals surface area (Å²) in [6, 6.07) is 16.6. The number of rotatable bonds is 6. The number of H-pyrrole nitrogens is 1. The molecule has 0 radical (unpaired) electrons. The molecule has 0 saturated heterocycles. The molecule has 0 unspecified atom stereocenters. The number of nitrogens with one attached hydrogen (secondary N) is 1. The number of hydrogen-bond acceptors (Lipinski definition) is 2. The average molecular weight is 334 g/mol. The second kappa shape index (κ2) is 7.66. The number of benzene rings is 2. The minimum atomic E-state index is 0.160. The zero-order valence-corrected chi connectivity index (χ0v) is 15.3. The largest absolute Gasteiger partial charge is 0.358 e. The van der Waals surface area contributed by atoms with Crippen molar-refractivity contribution in [1.82, 2.24) is 9.88 Å². The molecule has 3 aromatic rings. The van der Waals surface area contributed by atoms with Crippen LogP contribution < -0.4 is 5.43 Å². The van der Waals surface area contributed by atoms with Gasteiger partial charge in [-0.25, -0.2) is 0 Å². The van der Waals surface area contributed by atoms with E-state index in [4.69, 9.17) is 0 Å². The molecule has 130 valence electrons. The third-order valence-corrected chi connectivity index (χ3v) is 4.86. The second-order valence-corrected chi connectivity index (χ2v) is 6.58. The Balaban J connectivity index is 1.95. The normalized spacial score (nSPS) is 11.4. The van der Waals surface area contributed by atoms with Crippen LogP contribution in [0.4, 0.5) is 0 Å². The van der Waals surface area contributed by atoms with Crippen LogP contribution >= 0.6 is 0 Å². The van der Waals surface area contributed by atoms with Gasteiger partial charge in [0.25, 0.3) is 0 Å². The maximum Gasteiger partial charge on any atom is 0.194 e. The number of aromatic amines is 1. The summed E-state index contributed by atoms with van der Waals surface area (Å²) in [4.78, 5) is 18.8. The molecule has 0 fully saturated rings. The predicted octanol–water partition coefficient (Wildman–Crippen LogP) is 4.42. The monoisotopic (exact) mass is 334 g/mol. The Hall–Kier alpha value is -2.39. The van der Waals surface area contributed by atoms with Gasteiger partial charge in [0.15, 0.2) is 5.43 Å². The summed E-state index contributed by atoms with van der Waals surface area (Å²) in [5, 5.41) is 0.802. The van der Waals surface area contributed by atoms with Crippen LogP contribution in [0, 0.1) is 6.92 Å². The Morgan fingerprint density at radius 3 is 2.40 bits per heavy atom. The Bertz CT molecular complexity index is 912. The molecule has 3 rings (SSSR count). The van der Waals surface area contributed by atoms with Gasteiger partial charge in [-0.15, -0.1) is 0 Å². The molecule has 1 aromatic heterocycles. The van der Waals surface area contributed by atoms with E-state index in [9.17, 15) is 4.79 Å². The van der Waals surface area contributed by atoms with Gasteiger partial charge in [-0.05, 0) is 43.1 Å². The van der Waals surface area contributed by atoms with Gasteiger partial charge in [0.2, 0.25) is 0 Å². The van der Waals surface area contributed by atoms with Gasteiger partial charge in [0.05, 0.1) is 0 Å². The summed E-state index contributed by atoms with van der Waals surface area (Å²) < 4.78 is 0. The van der Waals surface area contributed by atoms with Crippen molar-refractivity contribution in [2.75, 3.05) is 6.54 Å². The van der Waals surface area contributed by atoms with Gasteiger partial charge >= 0.3 is 0 Å². The van der Waals surface area contributed by atoms with E-state index in [2.05, 4.69) is 54.1 Å². The minimum Gasteiger partial charge on any atom is -0.358 e. The zero-order chi connectivity index (χ0) is 17.8. The summed E-state index contributed by atoms with van der Waals surface area (Å²) in [6.07, 6.45) is 0.938. The van der Waals surface area contributed by atoms with Gasteiger partial charge in [0, 0.05) is 35.2 Å². The van der Waals surface area contributed by atoms with Crippen LogP contribution in [0.1, 0.15) is 36.2 Å². The molecular weight excluding hydrogens is 308 g/mol. The van der Waals surface area contributed by atoms with E-state index in [1.165, 1.54) is 11.1 Å². The standard InChI is InChI=1S/C22H26N2O/c1-4-17-11-12-21-19(13-17)22(25)20(16(3)23-21)15-24(5-2)14-18-9-7-6-8-10-18/h6-13H,4-5,14-15H2,1-3H3,(H,23,25). The number of hydrogen-bond donors (Lipinski definition) is 1. The molecule has 0 atom stereocenters. The van der Waals surface area contributed by atoms with E-state index in [0.717, 1.165) is 41.7 Å². The summed E-state index contributed by atoms with van der Waals surface area (Å²) in [6.45, 7) is 8.68. The molecule has 0 spiro atoms. The van der Waals surface area contributed by atoms with Crippen LogP contribution in [-0.4, -0.2) is 16.4 Å². The maximum atomic E-state index is 13.1. The van der Waals surface area contributed by atoms with Crippen molar-refractivity contribution in [1.29, 1.82) is 0 Å². The third kappa shape index (κ3) is 3.83. The topological polar surface area (TPSA) is 36.1 Å². The van der Waals surface area contributed by atoms with Gasteiger partial charge < -0.3 is 4.98 Å². The van der Waals surface area contributed by atoms with Crippen LogP contribution in [-0.2, 0) is 19.5 Å². The summed E-state index contributed by atoms with van der Waals surface area (Å²) >= 11 is 0. The molecule has 0 aliphatic heterocycles. The molecule has 1 N–H and O–H groups in total. The smallest absolute Gasteiger partial charge is 0.194 e. The van der Waals surface area contributed by atoms with E-state index in [1.807, 2.05) is 25.1 Å². The van der Waals surface area contributed by atoms with E-state index in [1.54, 1.807) is 0 Å². The molecule has 0 bridgehead atoms. The van der Waals surface area contributed by atoms with Crippen LogP contribution in [0.2, 0.25) is 0 Å². The number of pyridine rings is 1. The Labute approximate surface area is 149 Å². The second-order valence-electron chi connectivity index (χ2n) is 6.58. The van der Waals surface area contributed by atoms with E-state index < -0.39 is 0 Å². The van der Waals surface area contributed by atoms with Crippen molar-refractivity contribution in [3.8, 4) is 0 Å². The Morgan fingerprint density at radius 1 is 0.960 bits per heavy atom. The number of aryl methyl sites for hydroxylation is 2. The minimum absolute atomic E-state index is 0.160. The molecule has 0 aliphatic carbocycles. The van der Waals surface area contributed by atoms with Crippen molar-refractivity contribution >= 4 is 10.9 Å². The predicted molar refractivity (Wildman–Crippen MR) is 105 cm³/mol. The molecule has 0 amide bonds. The highest BCUT2D eigenvalue weighted by atomic mass is 16.1. The van der Waals surface area contributed by atoms with Crippen molar-refractivity contribution < 1.29 is 0 Å². The Morgan fingerprint density at radius 2 is 1.72 bits per heavy atom. The summed E-state index contributed by atoms with van der Waals surface area (Å²) in [7, 11) is 0. The zero-order valence-electron chi connectivity index (χ0n) is 15.3. The molecule has 3 nitrogen and oxygen atoms in total. The molecular formula is C22H26N2O. The number of nitrogens with zero attached hydrogens (tertiary/aromatic N) is 1. The lowest BCUT2D eigenvalue weighted by atomic mass is 10.0. The van der Waals surface area contributed by atoms with E-state index in [-0.39, 0.29) is 5.43 Å². The fourth-order valence-electron chi connectivity index (χ4n) is 3.25. The van der Waals surface area contributed by atoms with Crippen molar-refractivity contribution in [2.24, 2.45) is 0 Å². The van der Waals surface area contributed by atoms with Gasteiger partial charge in [-0.3, -0.25) is 9.69 Å². The molecule has 3 heteroatoms. The molecule has 2 aromatic carbocycles. The van der Waals surface area contributed by atoms with Crippen molar-refractivity contribution in [2.45, 2.75) is 40.3 Å². The lowest BCUT2D eigenvalue weighted by Gasteiger charge is -2.21. The molecule has 0 aliphatic rings. The van der Waals surface area contributed by atoms with Crippen LogP contribution in [0.15, 0.2) is 53.3 Å². The van der Waals surface area contributed by atoms with Crippen LogP contribution in [0.5, 0.6) is 0 Å².